The Morgan fingerprint density at radius 2 is 2.31 bits per heavy atom. The Labute approximate surface area is 90.8 Å². The third-order valence-electron chi connectivity index (χ3n) is 2.67. The number of alkyl halides is 2. The molecule has 2 rings (SSSR count). The van der Waals surface area contributed by atoms with Crippen molar-refractivity contribution in [2.24, 2.45) is 5.73 Å². The molecule has 2 atom stereocenters. The monoisotopic (exact) mass is 230 g/mol. The Morgan fingerprint density at radius 1 is 1.62 bits per heavy atom. The number of amides is 1. The van der Waals surface area contributed by atoms with E-state index in [9.17, 15) is 13.6 Å². The second-order valence-corrected chi connectivity index (χ2v) is 3.79. The summed E-state index contributed by atoms with van der Waals surface area (Å²) in [7, 11) is 0. The summed E-state index contributed by atoms with van der Waals surface area (Å²) in [5.74, 6) is -0.205. The van der Waals surface area contributed by atoms with E-state index in [-0.39, 0.29) is 11.9 Å². The van der Waals surface area contributed by atoms with Crippen LogP contribution in [0.5, 0.6) is 0 Å². The molecule has 1 aliphatic heterocycles. The van der Waals surface area contributed by atoms with Crippen LogP contribution >= 0.6 is 0 Å². The van der Waals surface area contributed by atoms with E-state index in [0.717, 1.165) is 4.68 Å². The summed E-state index contributed by atoms with van der Waals surface area (Å²) < 4.78 is 25.3. The van der Waals surface area contributed by atoms with Crippen LogP contribution in [0.4, 0.5) is 14.5 Å². The van der Waals surface area contributed by atoms with Gasteiger partial charge in [-0.2, -0.15) is 5.10 Å². The molecule has 0 aromatic carbocycles. The summed E-state index contributed by atoms with van der Waals surface area (Å²) in [6.07, 6.45) is 0.356. The van der Waals surface area contributed by atoms with Crippen molar-refractivity contribution in [1.29, 1.82) is 0 Å². The zero-order chi connectivity index (χ0) is 11.9. The molecule has 1 aromatic rings. The van der Waals surface area contributed by atoms with Crippen LogP contribution in [0.15, 0.2) is 12.4 Å². The van der Waals surface area contributed by atoms with Crippen molar-refractivity contribution in [3.63, 3.8) is 0 Å². The first kappa shape index (κ1) is 11.0. The molecule has 0 radical (unpaired) electrons. The van der Waals surface area contributed by atoms with Gasteiger partial charge in [0.25, 0.3) is 6.43 Å². The summed E-state index contributed by atoms with van der Waals surface area (Å²) in [5.41, 5.74) is 6.06. The molecule has 1 aliphatic rings. The SMILES string of the molecule is C[C@@H]1[C@H](N)C(=O)N1c1cnn(CC(F)F)c1. The van der Waals surface area contributed by atoms with Crippen LogP contribution in [-0.2, 0) is 11.3 Å². The van der Waals surface area contributed by atoms with Crippen LogP contribution in [0.2, 0.25) is 0 Å². The number of hydrogen-bond acceptors (Lipinski definition) is 3. The lowest BCUT2D eigenvalue weighted by Crippen LogP contribution is -2.67. The number of hydrogen-bond donors (Lipinski definition) is 1. The minimum absolute atomic E-state index is 0.114. The lowest BCUT2D eigenvalue weighted by atomic mass is 9.97. The molecule has 1 aromatic heterocycles. The minimum Gasteiger partial charge on any atom is -0.318 e. The first-order chi connectivity index (χ1) is 7.50. The smallest absolute Gasteiger partial charge is 0.257 e. The van der Waals surface area contributed by atoms with Gasteiger partial charge in [0.05, 0.1) is 17.9 Å². The van der Waals surface area contributed by atoms with Crippen molar-refractivity contribution in [3.8, 4) is 0 Å². The number of β-lactam (4-membered cyclic amide) rings is 1. The number of anilines is 1. The van der Waals surface area contributed by atoms with Crippen molar-refractivity contribution in [3.05, 3.63) is 12.4 Å². The molecular weight excluding hydrogens is 218 g/mol. The van der Waals surface area contributed by atoms with Gasteiger partial charge in [-0.25, -0.2) is 8.78 Å². The lowest BCUT2D eigenvalue weighted by Gasteiger charge is -2.42. The van der Waals surface area contributed by atoms with E-state index in [1.54, 1.807) is 6.92 Å². The van der Waals surface area contributed by atoms with Crippen LogP contribution in [0, 0.1) is 0 Å². The van der Waals surface area contributed by atoms with Gasteiger partial charge in [0.1, 0.15) is 12.6 Å². The topological polar surface area (TPSA) is 64.2 Å². The number of rotatable bonds is 3. The molecule has 0 saturated carbocycles. The van der Waals surface area contributed by atoms with E-state index in [4.69, 9.17) is 5.73 Å². The summed E-state index contributed by atoms with van der Waals surface area (Å²) in [5, 5.41) is 3.76. The Balaban J connectivity index is 2.11. The van der Waals surface area contributed by atoms with Gasteiger partial charge in [-0.1, -0.05) is 0 Å². The summed E-state index contributed by atoms with van der Waals surface area (Å²) in [4.78, 5) is 12.9. The Kier molecular flexibility index (Phi) is 2.63. The van der Waals surface area contributed by atoms with E-state index in [1.807, 2.05) is 0 Å². The van der Waals surface area contributed by atoms with Gasteiger partial charge in [-0.05, 0) is 6.92 Å². The molecule has 1 amide bonds. The van der Waals surface area contributed by atoms with Crippen molar-refractivity contribution in [2.75, 3.05) is 4.90 Å². The number of nitrogens with two attached hydrogens (primary N) is 1. The normalized spacial score (nSPS) is 25.1. The van der Waals surface area contributed by atoms with Gasteiger partial charge in [-0.15, -0.1) is 0 Å². The predicted molar refractivity (Wildman–Crippen MR) is 53.2 cm³/mol. The zero-order valence-corrected chi connectivity index (χ0v) is 8.68. The standard InChI is InChI=1S/C9H12F2N4O/c1-5-8(12)9(16)15(5)6-2-13-14(3-6)4-7(10)11/h2-3,5,7-8H,4,12H2,1H3/t5-,8+/m1/s1. The van der Waals surface area contributed by atoms with Crippen molar-refractivity contribution in [1.82, 2.24) is 9.78 Å². The Bertz CT molecular complexity index is 406. The molecular formula is C9H12F2N4O. The number of carbonyl (C=O) groups is 1. The highest BCUT2D eigenvalue weighted by Gasteiger charge is 2.43. The van der Waals surface area contributed by atoms with Crippen LogP contribution < -0.4 is 10.6 Å². The summed E-state index contributed by atoms with van der Waals surface area (Å²) >= 11 is 0. The van der Waals surface area contributed by atoms with E-state index in [1.165, 1.54) is 17.3 Å². The highest BCUT2D eigenvalue weighted by molar-refractivity contribution is 6.05. The Hall–Kier alpha value is -1.50. The molecule has 0 bridgehead atoms. The average Bonchev–Trinajstić information content (AvgIpc) is 2.65. The predicted octanol–water partition coefficient (Wildman–Crippen LogP) is 0.211. The quantitative estimate of drug-likeness (QED) is 0.755. The molecule has 0 unspecified atom stereocenters. The van der Waals surface area contributed by atoms with Crippen LogP contribution in [0.3, 0.4) is 0 Å². The molecule has 0 spiro atoms. The van der Waals surface area contributed by atoms with Gasteiger partial charge >= 0.3 is 0 Å². The molecule has 2 N–H and O–H groups in total. The number of nitrogens with zero attached hydrogens (tertiary/aromatic N) is 3. The summed E-state index contributed by atoms with van der Waals surface area (Å²) in [6, 6.07) is -0.616. The molecule has 88 valence electrons. The van der Waals surface area contributed by atoms with Crippen molar-refractivity contribution >= 4 is 11.6 Å². The number of aromatic nitrogens is 2. The fraction of sp³-hybridized carbons (Fsp3) is 0.556. The molecule has 5 nitrogen and oxygen atoms in total. The molecule has 0 aliphatic carbocycles. The average molecular weight is 230 g/mol. The largest absolute Gasteiger partial charge is 0.318 e. The van der Waals surface area contributed by atoms with Crippen LogP contribution in [-0.4, -0.2) is 34.2 Å². The van der Waals surface area contributed by atoms with Crippen molar-refractivity contribution in [2.45, 2.75) is 32.0 Å². The van der Waals surface area contributed by atoms with Crippen LogP contribution in [0.1, 0.15) is 6.92 Å². The molecule has 2 heterocycles. The second kappa shape index (κ2) is 3.82. The van der Waals surface area contributed by atoms with Gasteiger partial charge in [-0.3, -0.25) is 9.48 Å². The fourth-order valence-corrected chi connectivity index (χ4v) is 1.73. The molecule has 16 heavy (non-hydrogen) atoms. The molecule has 7 heteroatoms. The van der Waals surface area contributed by atoms with Crippen molar-refractivity contribution < 1.29 is 13.6 Å². The first-order valence-corrected chi connectivity index (χ1v) is 4.90. The third kappa shape index (κ3) is 1.67. The van der Waals surface area contributed by atoms with Crippen LogP contribution in [0.25, 0.3) is 0 Å². The number of halogens is 2. The minimum atomic E-state index is -2.46. The van der Waals surface area contributed by atoms with E-state index >= 15 is 0 Å². The van der Waals surface area contributed by atoms with E-state index in [0.29, 0.717) is 5.69 Å². The van der Waals surface area contributed by atoms with Gasteiger partial charge in [0.2, 0.25) is 5.91 Å². The van der Waals surface area contributed by atoms with E-state index < -0.39 is 19.0 Å². The molecule has 1 saturated heterocycles. The van der Waals surface area contributed by atoms with E-state index in [2.05, 4.69) is 5.10 Å². The highest BCUT2D eigenvalue weighted by atomic mass is 19.3. The van der Waals surface area contributed by atoms with Gasteiger partial charge in [0, 0.05) is 6.20 Å². The maximum absolute atomic E-state index is 12.1. The maximum atomic E-state index is 12.1. The van der Waals surface area contributed by atoms with Gasteiger partial charge < -0.3 is 10.6 Å². The molecule has 1 fully saturated rings. The number of carbonyl (C=O) groups excluding carboxylic acids is 1. The van der Waals surface area contributed by atoms with Gasteiger partial charge in [0.15, 0.2) is 0 Å². The first-order valence-electron chi connectivity index (χ1n) is 4.90. The highest BCUT2D eigenvalue weighted by Crippen LogP contribution is 2.26. The maximum Gasteiger partial charge on any atom is 0.257 e. The second-order valence-electron chi connectivity index (χ2n) is 3.79. The Morgan fingerprint density at radius 3 is 2.88 bits per heavy atom. The zero-order valence-electron chi connectivity index (χ0n) is 8.68. The third-order valence-corrected chi connectivity index (χ3v) is 2.67. The lowest BCUT2D eigenvalue weighted by molar-refractivity contribution is -0.125. The fourth-order valence-electron chi connectivity index (χ4n) is 1.73. The summed E-state index contributed by atoms with van der Waals surface area (Å²) in [6.45, 7) is 1.33.